The average molecular weight is 434 g/mol. The second kappa shape index (κ2) is 10.9. The molecule has 7 nitrogen and oxygen atoms in total. The summed E-state index contributed by atoms with van der Waals surface area (Å²) >= 11 is 0. The first-order valence-corrected chi connectivity index (χ1v) is 10.5. The number of amides is 1. The van der Waals surface area contributed by atoms with Crippen LogP contribution in [0.5, 0.6) is 5.75 Å². The van der Waals surface area contributed by atoms with Crippen LogP contribution >= 0.6 is 0 Å². The number of hydrogen-bond donors (Lipinski definition) is 2. The van der Waals surface area contributed by atoms with E-state index in [4.69, 9.17) is 4.74 Å². The van der Waals surface area contributed by atoms with Gasteiger partial charge in [-0.25, -0.2) is 9.78 Å². The molecule has 1 heterocycles. The Morgan fingerprint density at radius 2 is 1.81 bits per heavy atom. The number of aromatic nitrogens is 1. The van der Waals surface area contributed by atoms with E-state index in [1.807, 2.05) is 35.2 Å². The van der Waals surface area contributed by atoms with Crippen molar-refractivity contribution < 1.29 is 19.4 Å². The standard InChI is InChI=1S/C25H27N3O4/c1-3-4-14-28(17-18-8-6-5-7-9-18)23-22(25(30)31)15-20(16-26-23)27-24(29)19-10-12-21(32-2)13-11-19/h5-13,15-16H,3-4,14,17H2,1-2H3,(H,27,29)(H,30,31). The molecule has 0 unspecified atom stereocenters. The van der Waals surface area contributed by atoms with Crippen molar-refractivity contribution in [1.82, 2.24) is 4.98 Å². The Bertz CT molecular complexity index is 1050. The lowest BCUT2D eigenvalue weighted by Gasteiger charge is -2.25. The SMILES string of the molecule is CCCCN(Cc1ccccc1)c1ncc(NC(=O)c2ccc(OC)cc2)cc1C(=O)O. The molecule has 0 saturated heterocycles. The van der Waals surface area contributed by atoms with Crippen LogP contribution in [0, 0.1) is 0 Å². The van der Waals surface area contributed by atoms with Gasteiger partial charge in [-0.05, 0) is 42.3 Å². The third-order valence-electron chi connectivity index (χ3n) is 5.00. The Hall–Kier alpha value is -3.87. The molecule has 7 heteroatoms. The highest BCUT2D eigenvalue weighted by Crippen LogP contribution is 2.24. The van der Waals surface area contributed by atoms with Gasteiger partial charge in [0.2, 0.25) is 0 Å². The highest BCUT2D eigenvalue weighted by molar-refractivity contribution is 6.05. The summed E-state index contributed by atoms with van der Waals surface area (Å²) in [6, 6.07) is 18.0. The van der Waals surface area contributed by atoms with E-state index in [9.17, 15) is 14.7 Å². The predicted octanol–water partition coefficient (Wildman–Crippen LogP) is 4.85. The maximum atomic E-state index is 12.6. The molecule has 3 aromatic rings. The fraction of sp³-hybridized carbons (Fsp3) is 0.240. The molecule has 0 aliphatic carbocycles. The molecule has 0 spiro atoms. The highest BCUT2D eigenvalue weighted by Gasteiger charge is 2.19. The Kier molecular flexibility index (Phi) is 7.80. The van der Waals surface area contributed by atoms with E-state index in [2.05, 4.69) is 17.2 Å². The van der Waals surface area contributed by atoms with Crippen LogP contribution < -0.4 is 15.0 Å². The molecule has 0 aliphatic heterocycles. The second-order valence-corrected chi connectivity index (χ2v) is 7.34. The molecule has 2 aromatic carbocycles. The normalized spacial score (nSPS) is 10.4. The molecule has 166 valence electrons. The van der Waals surface area contributed by atoms with Crippen molar-refractivity contribution in [2.75, 3.05) is 23.9 Å². The van der Waals surface area contributed by atoms with Crippen LogP contribution in [0.4, 0.5) is 11.5 Å². The van der Waals surface area contributed by atoms with E-state index in [-0.39, 0.29) is 11.5 Å². The van der Waals surface area contributed by atoms with Gasteiger partial charge in [0.1, 0.15) is 17.1 Å². The van der Waals surface area contributed by atoms with Gasteiger partial charge >= 0.3 is 5.97 Å². The number of carboxylic acids is 1. The average Bonchev–Trinajstić information content (AvgIpc) is 2.82. The lowest BCUT2D eigenvalue weighted by Crippen LogP contribution is -2.27. The summed E-state index contributed by atoms with van der Waals surface area (Å²) < 4.78 is 5.10. The van der Waals surface area contributed by atoms with E-state index in [1.165, 1.54) is 12.3 Å². The molecule has 0 bridgehead atoms. The molecule has 1 aromatic heterocycles. The highest BCUT2D eigenvalue weighted by atomic mass is 16.5. The van der Waals surface area contributed by atoms with Crippen molar-refractivity contribution in [3.05, 3.63) is 83.6 Å². The topological polar surface area (TPSA) is 91.8 Å². The zero-order valence-electron chi connectivity index (χ0n) is 18.2. The van der Waals surface area contributed by atoms with E-state index < -0.39 is 5.97 Å². The maximum absolute atomic E-state index is 12.6. The number of methoxy groups -OCH3 is 1. The number of hydrogen-bond acceptors (Lipinski definition) is 5. The molecule has 0 fully saturated rings. The number of ether oxygens (including phenoxy) is 1. The minimum atomic E-state index is -1.09. The summed E-state index contributed by atoms with van der Waals surface area (Å²) in [5.74, 6) is -0.420. The van der Waals surface area contributed by atoms with Gasteiger partial charge in [-0.1, -0.05) is 43.7 Å². The summed E-state index contributed by atoms with van der Waals surface area (Å²) in [5, 5.41) is 12.6. The number of benzene rings is 2. The zero-order chi connectivity index (χ0) is 22.9. The minimum Gasteiger partial charge on any atom is -0.497 e. The summed E-state index contributed by atoms with van der Waals surface area (Å²) in [6.45, 7) is 3.31. The quantitative estimate of drug-likeness (QED) is 0.475. The number of nitrogens with zero attached hydrogens (tertiary/aromatic N) is 2. The number of aromatic carboxylic acids is 1. The van der Waals surface area contributed by atoms with Crippen molar-refractivity contribution in [3.63, 3.8) is 0 Å². The molecule has 32 heavy (non-hydrogen) atoms. The number of unbranched alkanes of at least 4 members (excludes halogenated alkanes) is 1. The molecule has 1 amide bonds. The Balaban J connectivity index is 1.85. The summed E-state index contributed by atoms with van der Waals surface area (Å²) in [5.41, 5.74) is 1.87. The summed E-state index contributed by atoms with van der Waals surface area (Å²) in [7, 11) is 1.55. The lowest BCUT2D eigenvalue weighted by atomic mass is 10.1. The monoisotopic (exact) mass is 433 g/mol. The number of pyridine rings is 1. The lowest BCUT2D eigenvalue weighted by molar-refractivity contribution is 0.0696. The summed E-state index contributed by atoms with van der Waals surface area (Å²) in [6.07, 6.45) is 3.38. The van der Waals surface area contributed by atoms with Gasteiger partial charge in [0.05, 0.1) is 19.0 Å². The van der Waals surface area contributed by atoms with Gasteiger partial charge in [0, 0.05) is 18.7 Å². The predicted molar refractivity (Wildman–Crippen MR) is 125 cm³/mol. The van der Waals surface area contributed by atoms with Crippen molar-refractivity contribution in [1.29, 1.82) is 0 Å². The molecule has 0 atom stereocenters. The summed E-state index contributed by atoms with van der Waals surface area (Å²) in [4.78, 5) is 31.0. The number of rotatable bonds is 10. The molecular weight excluding hydrogens is 406 g/mol. The van der Waals surface area contributed by atoms with Crippen LogP contribution in [-0.2, 0) is 6.54 Å². The van der Waals surface area contributed by atoms with Crippen molar-refractivity contribution in [3.8, 4) is 5.75 Å². The maximum Gasteiger partial charge on any atom is 0.339 e. The van der Waals surface area contributed by atoms with Gasteiger partial charge in [-0.3, -0.25) is 4.79 Å². The number of carbonyl (C=O) groups excluding carboxylic acids is 1. The van der Waals surface area contributed by atoms with Crippen molar-refractivity contribution >= 4 is 23.4 Å². The van der Waals surface area contributed by atoms with E-state index >= 15 is 0 Å². The zero-order valence-corrected chi connectivity index (χ0v) is 18.2. The number of carboxylic acid groups (broad SMARTS) is 1. The van der Waals surface area contributed by atoms with Crippen molar-refractivity contribution in [2.45, 2.75) is 26.3 Å². The Labute approximate surface area is 187 Å². The third-order valence-corrected chi connectivity index (χ3v) is 5.00. The Morgan fingerprint density at radius 1 is 1.09 bits per heavy atom. The molecule has 3 rings (SSSR count). The van der Waals surface area contributed by atoms with Crippen LogP contribution in [0.25, 0.3) is 0 Å². The van der Waals surface area contributed by atoms with Gasteiger partial charge in [-0.2, -0.15) is 0 Å². The van der Waals surface area contributed by atoms with Crippen LogP contribution in [0.3, 0.4) is 0 Å². The van der Waals surface area contributed by atoms with Crippen LogP contribution in [0.1, 0.15) is 46.0 Å². The fourth-order valence-corrected chi connectivity index (χ4v) is 3.29. The van der Waals surface area contributed by atoms with Gasteiger partial charge in [-0.15, -0.1) is 0 Å². The first-order chi connectivity index (χ1) is 15.5. The molecule has 2 N–H and O–H groups in total. The van der Waals surface area contributed by atoms with Crippen LogP contribution in [0.2, 0.25) is 0 Å². The number of anilines is 2. The smallest absolute Gasteiger partial charge is 0.339 e. The molecule has 0 radical (unpaired) electrons. The second-order valence-electron chi connectivity index (χ2n) is 7.34. The van der Waals surface area contributed by atoms with E-state index in [1.54, 1.807) is 31.4 Å². The molecule has 0 aliphatic rings. The number of nitrogens with one attached hydrogen (secondary N) is 1. The van der Waals surface area contributed by atoms with Gasteiger partial charge in [0.15, 0.2) is 0 Å². The fourth-order valence-electron chi connectivity index (χ4n) is 3.29. The number of carbonyl (C=O) groups is 2. The minimum absolute atomic E-state index is 0.0459. The Morgan fingerprint density at radius 3 is 2.44 bits per heavy atom. The van der Waals surface area contributed by atoms with Gasteiger partial charge in [0.25, 0.3) is 5.91 Å². The third kappa shape index (κ3) is 5.85. The molecule has 0 saturated carbocycles. The first kappa shape index (κ1) is 22.8. The van der Waals surface area contributed by atoms with Crippen LogP contribution in [-0.4, -0.2) is 35.6 Å². The van der Waals surface area contributed by atoms with E-state index in [0.717, 1.165) is 18.4 Å². The largest absolute Gasteiger partial charge is 0.497 e. The van der Waals surface area contributed by atoms with Crippen LogP contribution in [0.15, 0.2) is 66.9 Å². The van der Waals surface area contributed by atoms with E-state index in [0.29, 0.717) is 35.9 Å². The van der Waals surface area contributed by atoms with Crippen molar-refractivity contribution in [2.24, 2.45) is 0 Å². The first-order valence-electron chi connectivity index (χ1n) is 10.5. The van der Waals surface area contributed by atoms with Gasteiger partial charge < -0.3 is 20.1 Å². The molecular formula is C25H27N3O4.